The Labute approximate surface area is 235 Å². The number of pyridine rings is 2. The van der Waals surface area contributed by atoms with Gasteiger partial charge in [0.15, 0.2) is 5.71 Å². The number of anilines is 3. The first-order valence-electron chi connectivity index (χ1n) is 12.3. The van der Waals surface area contributed by atoms with Gasteiger partial charge in [-0.25, -0.2) is 6.07 Å². The van der Waals surface area contributed by atoms with Crippen LogP contribution in [0.3, 0.4) is 0 Å². The number of hydrogen-bond acceptors (Lipinski definition) is 4. The number of fused-ring (bicyclic) bond motifs is 9. The van der Waals surface area contributed by atoms with Gasteiger partial charge < -0.3 is 14.8 Å². The molecule has 5 aromatic rings. The molecule has 2 aliphatic heterocycles. The zero-order valence-corrected chi connectivity index (χ0v) is 23.3. The van der Waals surface area contributed by atoms with Gasteiger partial charge in [-0.2, -0.15) is 46.7 Å². The normalized spacial score (nSPS) is 16.7. The molecule has 0 radical (unpaired) electrons. The fraction of sp³-hybridized carbons (Fsp3) is 0.0968. The van der Waals surface area contributed by atoms with Gasteiger partial charge in [-0.1, -0.05) is 41.9 Å². The molecule has 5 heterocycles. The second kappa shape index (κ2) is 9.67. The van der Waals surface area contributed by atoms with Gasteiger partial charge in [0.2, 0.25) is 5.69 Å². The Hall–Kier alpha value is -4.06. The van der Waals surface area contributed by atoms with Crippen LogP contribution in [0.1, 0.15) is 11.6 Å². The average Bonchev–Trinajstić information content (AvgIpc) is 3.65. The molecule has 2 aromatic carbocycles. The zero-order valence-electron chi connectivity index (χ0n) is 20.9. The first kappa shape index (κ1) is 24.3. The average molecular weight is 673 g/mol. The molecule has 1 unspecified atom stereocenters. The van der Waals surface area contributed by atoms with Crippen LogP contribution in [0, 0.1) is 18.8 Å². The van der Waals surface area contributed by atoms with Crippen LogP contribution in [0.2, 0.25) is 0 Å². The molecule has 38 heavy (non-hydrogen) atoms. The number of aromatic nitrogens is 3. The van der Waals surface area contributed by atoms with Gasteiger partial charge in [0.25, 0.3) is 0 Å². The predicted molar refractivity (Wildman–Crippen MR) is 148 cm³/mol. The molecule has 3 aliphatic rings. The Kier molecular flexibility index (Phi) is 6.18. The summed E-state index contributed by atoms with van der Waals surface area (Å²) in [5.74, 6) is 0.246. The molecule has 186 valence electrons. The molecule has 0 saturated heterocycles. The monoisotopic (exact) mass is 673 g/mol. The topological polar surface area (TPSA) is 39.7 Å². The van der Waals surface area contributed by atoms with E-state index in [0.29, 0.717) is 0 Å². The van der Waals surface area contributed by atoms with Crippen molar-refractivity contribution in [3.8, 4) is 0 Å². The summed E-state index contributed by atoms with van der Waals surface area (Å²) in [6, 6.07) is 26.9. The summed E-state index contributed by atoms with van der Waals surface area (Å²) < 4.78 is 4.24. The summed E-state index contributed by atoms with van der Waals surface area (Å²) >= 11 is 0. The molecule has 6 nitrogen and oxygen atoms in total. The minimum atomic E-state index is 0. The predicted octanol–water partition coefficient (Wildman–Crippen LogP) is 5.81. The Morgan fingerprint density at radius 2 is 1.82 bits per heavy atom. The van der Waals surface area contributed by atoms with Gasteiger partial charge in [0.1, 0.15) is 18.7 Å². The molecule has 0 bridgehead atoms. The second-order valence-corrected chi connectivity index (χ2v) is 9.22. The van der Waals surface area contributed by atoms with Crippen LogP contribution < -0.4 is 9.80 Å². The summed E-state index contributed by atoms with van der Waals surface area (Å²) in [5.41, 5.74) is 9.06. The fourth-order valence-electron chi connectivity index (χ4n) is 5.47. The second-order valence-electron chi connectivity index (χ2n) is 9.22. The van der Waals surface area contributed by atoms with E-state index in [2.05, 4.69) is 118 Å². The summed E-state index contributed by atoms with van der Waals surface area (Å²) in [6.07, 6.45) is 12.1. The minimum absolute atomic E-state index is 0. The number of rotatable bonds is 1. The van der Waals surface area contributed by atoms with Crippen LogP contribution in [0.15, 0.2) is 97.4 Å². The van der Waals surface area contributed by atoms with E-state index in [1.54, 1.807) is 6.20 Å². The summed E-state index contributed by atoms with van der Waals surface area (Å²) in [6.45, 7) is 2.08. The van der Waals surface area contributed by atoms with Gasteiger partial charge in [-0.15, -0.1) is 5.69 Å². The van der Waals surface area contributed by atoms with Gasteiger partial charge in [0, 0.05) is 23.6 Å². The SMILES string of the molecule is CN1[CH-]N(c2[c-]cccc2)c2ccccc21.C[N+]1=C2C=CC=CC2c2c1c1cccnc1c1[c-]cnn21.[Ir+3]. The standard InChI is InChI=1S/C17H12N4.C14H12N2.Ir/c1-20-13-7-3-2-5-11(13)17-16(20)12-6-4-9-18-15(12)14-8-10-19-21(14)17;1-15-11-16(12-7-3-2-4-8-12)14-10-6-5-9-13(14)15;/h2-7,9-11H,1H3;2-7,9-11H,1H3;/q;-2;+3. The van der Waals surface area contributed by atoms with E-state index >= 15 is 0 Å². The fourth-order valence-corrected chi connectivity index (χ4v) is 5.47. The molecule has 8 rings (SSSR count). The number of allylic oxidation sites excluding steroid dienone is 4. The van der Waals surface area contributed by atoms with E-state index in [1.807, 2.05) is 35.0 Å². The summed E-state index contributed by atoms with van der Waals surface area (Å²) in [7, 11) is 4.17. The molecule has 0 spiro atoms. The number of benzene rings is 2. The molecule has 7 heteroatoms. The molecule has 0 amide bonds. The van der Waals surface area contributed by atoms with Crippen LogP contribution in [-0.2, 0) is 20.1 Å². The Morgan fingerprint density at radius 1 is 0.974 bits per heavy atom. The Bertz CT molecular complexity index is 1750. The van der Waals surface area contributed by atoms with Gasteiger partial charge >= 0.3 is 20.1 Å². The zero-order chi connectivity index (χ0) is 24.9. The molecule has 1 aliphatic carbocycles. The molecular formula is C31H24IrN6+. The molecule has 0 fully saturated rings. The molecule has 0 saturated carbocycles. The third kappa shape index (κ3) is 3.70. The van der Waals surface area contributed by atoms with Crippen LogP contribution in [0.25, 0.3) is 16.4 Å². The quantitative estimate of drug-likeness (QED) is 0.167. The van der Waals surface area contributed by atoms with Crippen LogP contribution in [0.4, 0.5) is 22.7 Å². The van der Waals surface area contributed by atoms with E-state index in [0.717, 1.165) is 22.1 Å². The van der Waals surface area contributed by atoms with E-state index in [9.17, 15) is 0 Å². The van der Waals surface area contributed by atoms with Crippen molar-refractivity contribution >= 4 is 44.9 Å². The Balaban J connectivity index is 0.000000141. The Morgan fingerprint density at radius 3 is 2.66 bits per heavy atom. The van der Waals surface area contributed by atoms with Crippen molar-refractivity contribution in [2.45, 2.75) is 5.92 Å². The van der Waals surface area contributed by atoms with Crippen molar-refractivity contribution in [2.75, 3.05) is 23.9 Å². The van der Waals surface area contributed by atoms with Crippen molar-refractivity contribution in [3.05, 3.63) is 122 Å². The summed E-state index contributed by atoms with van der Waals surface area (Å²) in [4.78, 5) is 8.82. The maximum absolute atomic E-state index is 4.55. The first-order valence-corrected chi connectivity index (χ1v) is 12.3. The third-order valence-electron chi connectivity index (χ3n) is 7.12. The van der Waals surface area contributed by atoms with Gasteiger partial charge in [0.05, 0.1) is 0 Å². The van der Waals surface area contributed by atoms with Crippen LogP contribution in [0.5, 0.6) is 0 Å². The van der Waals surface area contributed by atoms with E-state index < -0.39 is 0 Å². The molecule has 1 atom stereocenters. The molecule has 0 N–H and O–H groups in total. The molecule has 3 aromatic heterocycles. The van der Waals surface area contributed by atoms with Crippen molar-refractivity contribution in [1.82, 2.24) is 14.6 Å². The number of para-hydroxylation sites is 3. The first-order chi connectivity index (χ1) is 18.2. The summed E-state index contributed by atoms with van der Waals surface area (Å²) in [5, 5.41) is 5.64. The minimum Gasteiger partial charge on any atom is -0.504 e. The van der Waals surface area contributed by atoms with Crippen molar-refractivity contribution in [2.24, 2.45) is 0 Å². The van der Waals surface area contributed by atoms with Gasteiger partial charge in [-0.3, -0.25) is 4.52 Å². The molecular weight excluding hydrogens is 649 g/mol. The maximum Gasteiger partial charge on any atom is 3.00 e. The van der Waals surface area contributed by atoms with Gasteiger partial charge in [-0.05, 0) is 42.3 Å². The third-order valence-corrected chi connectivity index (χ3v) is 7.12. The number of hydrogen-bond donors (Lipinski definition) is 0. The number of nitrogens with zero attached hydrogens (tertiary/aromatic N) is 6. The van der Waals surface area contributed by atoms with Crippen LogP contribution in [-0.4, -0.2) is 39.0 Å². The smallest absolute Gasteiger partial charge is 0.504 e. The van der Waals surface area contributed by atoms with Crippen LogP contribution >= 0.6 is 0 Å². The van der Waals surface area contributed by atoms with E-state index in [4.69, 9.17) is 0 Å². The van der Waals surface area contributed by atoms with Crippen molar-refractivity contribution in [1.29, 1.82) is 0 Å². The van der Waals surface area contributed by atoms with E-state index in [1.165, 1.54) is 28.5 Å². The van der Waals surface area contributed by atoms with Crippen molar-refractivity contribution in [3.63, 3.8) is 0 Å². The van der Waals surface area contributed by atoms with Crippen molar-refractivity contribution < 1.29 is 24.7 Å². The van der Waals surface area contributed by atoms with E-state index in [-0.39, 0.29) is 26.0 Å². The largest absolute Gasteiger partial charge is 3.00 e. The maximum atomic E-state index is 4.55.